The number of benzene rings is 3. The van der Waals surface area contributed by atoms with Gasteiger partial charge in [0, 0.05) is 29.3 Å². The molecule has 1 amide bonds. The number of aromatic carboxylic acids is 1. The molecule has 0 heterocycles. The molecule has 3 aromatic carbocycles. The minimum atomic E-state index is -1.18. The molecule has 0 fully saturated rings. The normalized spacial score (nSPS) is 10.6. The zero-order chi connectivity index (χ0) is 25.5. The van der Waals surface area contributed by atoms with Crippen molar-refractivity contribution < 1.29 is 33.6 Å². The van der Waals surface area contributed by atoms with E-state index in [0.29, 0.717) is 39.7 Å². The fourth-order valence-electron chi connectivity index (χ4n) is 3.52. The molecule has 0 atom stereocenters. The quantitative estimate of drug-likeness (QED) is 0.306. The highest BCUT2D eigenvalue weighted by atomic mass is 16.5. The number of carboxylic acids is 1. The number of hydrogen-bond acceptors (Lipinski definition) is 7. The van der Waals surface area contributed by atoms with E-state index in [-0.39, 0.29) is 16.9 Å². The minimum Gasteiger partial charge on any atom is -0.496 e. The standard InChI is InChI=1S/C26H26N2O7/c1-32-15-11-23(34-3)17(24(12-15)35-4)9-10-25(29)28-21-14-19(26(30)31)18(13-20(21)27)16-7-5-6-8-22(16)33-2/h5-14H,27H2,1-4H3,(H,28,29)(H,30,31). The Morgan fingerprint density at radius 1 is 0.857 bits per heavy atom. The van der Waals surface area contributed by atoms with Gasteiger partial charge in [-0.3, -0.25) is 4.79 Å². The van der Waals surface area contributed by atoms with Gasteiger partial charge in [-0.05, 0) is 24.3 Å². The van der Waals surface area contributed by atoms with Gasteiger partial charge < -0.3 is 35.1 Å². The number of carbonyl (C=O) groups excluding carboxylic acids is 1. The summed E-state index contributed by atoms with van der Waals surface area (Å²) in [5, 5.41) is 12.4. The monoisotopic (exact) mass is 478 g/mol. The molecule has 0 radical (unpaired) electrons. The molecule has 0 spiro atoms. The van der Waals surface area contributed by atoms with Crippen molar-refractivity contribution in [3.8, 4) is 34.1 Å². The Bertz CT molecular complexity index is 1260. The first-order valence-electron chi connectivity index (χ1n) is 10.4. The van der Waals surface area contributed by atoms with Gasteiger partial charge in [-0.2, -0.15) is 0 Å². The number of rotatable bonds is 9. The number of hydrogen-bond donors (Lipinski definition) is 3. The van der Waals surface area contributed by atoms with Crippen LogP contribution in [-0.2, 0) is 4.79 Å². The Labute approximate surface area is 202 Å². The van der Waals surface area contributed by atoms with Crippen LogP contribution in [0.3, 0.4) is 0 Å². The van der Waals surface area contributed by atoms with E-state index in [1.165, 1.54) is 52.7 Å². The van der Waals surface area contributed by atoms with Crippen LogP contribution in [0, 0.1) is 0 Å². The van der Waals surface area contributed by atoms with Gasteiger partial charge in [-0.15, -0.1) is 0 Å². The van der Waals surface area contributed by atoms with Crippen LogP contribution in [0.5, 0.6) is 23.0 Å². The molecule has 4 N–H and O–H groups in total. The average molecular weight is 479 g/mol. The van der Waals surface area contributed by atoms with Gasteiger partial charge in [0.15, 0.2) is 0 Å². The Kier molecular flexibility index (Phi) is 7.83. The predicted octanol–water partition coefficient (Wildman–Crippen LogP) is 4.32. The molecule has 9 heteroatoms. The molecule has 0 saturated heterocycles. The Hall–Kier alpha value is -4.66. The maximum Gasteiger partial charge on any atom is 0.336 e. The maximum atomic E-state index is 12.7. The van der Waals surface area contributed by atoms with Crippen LogP contribution in [0.2, 0.25) is 0 Å². The van der Waals surface area contributed by atoms with Crippen molar-refractivity contribution >= 4 is 29.3 Å². The second kappa shape index (κ2) is 11.0. The van der Waals surface area contributed by atoms with E-state index < -0.39 is 11.9 Å². The molecule has 0 aromatic heterocycles. The molecule has 9 nitrogen and oxygen atoms in total. The van der Waals surface area contributed by atoms with E-state index >= 15 is 0 Å². The third-order valence-corrected chi connectivity index (χ3v) is 5.23. The van der Waals surface area contributed by atoms with Gasteiger partial charge in [0.25, 0.3) is 0 Å². The number of carboxylic acid groups (broad SMARTS) is 1. The SMILES string of the molecule is COc1cc(OC)c(C=CC(=O)Nc2cc(C(=O)O)c(-c3ccccc3OC)cc2N)c(OC)c1. The molecule has 3 rings (SSSR count). The van der Waals surface area contributed by atoms with Crippen LogP contribution in [0.1, 0.15) is 15.9 Å². The van der Waals surface area contributed by atoms with Crippen molar-refractivity contribution in [2.45, 2.75) is 0 Å². The smallest absolute Gasteiger partial charge is 0.336 e. The third kappa shape index (κ3) is 5.47. The summed E-state index contributed by atoms with van der Waals surface area (Å²) in [4.78, 5) is 24.7. The van der Waals surface area contributed by atoms with E-state index in [0.717, 1.165) is 0 Å². The molecule has 0 aliphatic rings. The fourth-order valence-corrected chi connectivity index (χ4v) is 3.52. The third-order valence-electron chi connectivity index (χ3n) is 5.23. The van der Waals surface area contributed by atoms with Crippen molar-refractivity contribution in [3.05, 3.63) is 65.7 Å². The molecule has 0 aliphatic carbocycles. The summed E-state index contributed by atoms with van der Waals surface area (Å²) in [7, 11) is 5.99. The molecular formula is C26H26N2O7. The van der Waals surface area contributed by atoms with Crippen molar-refractivity contribution in [2.75, 3.05) is 39.5 Å². The summed E-state index contributed by atoms with van der Waals surface area (Å²) >= 11 is 0. The fraction of sp³-hybridized carbons (Fsp3) is 0.154. The van der Waals surface area contributed by atoms with Gasteiger partial charge in [0.2, 0.25) is 5.91 Å². The number of ether oxygens (including phenoxy) is 4. The second-order valence-electron chi connectivity index (χ2n) is 7.26. The summed E-state index contributed by atoms with van der Waals surface area (Å²) in [6, 6.07) is 13.1. The highest BCUT2D eigenvalue weighted by molar-refractivity contribution is 6.06. The van der Waals surface area contributed by atoms with Crippen LogP contribution in [0.15, 0.2) is 54.6 Å². The molecular weight excluding hydrogens is 452 g/mol. The average Bonchev–Trinajstić information content (AvgIpc) is 2.87. The molecule has 3 aromatic rings. The summed E-state index contributed by atoms with van der Waals surface area (Å²) < 4.78 is 21.3. The Morgan fingerprint density at radius 3 is 2.06 bits per heavy atom. The molecule has 0 aliphatic heterocycles. The number of methoxy groups -OCH3 is 4. The lowest BCUT2D eigenvalue weighted by atomic mass is 9.97. The van der Waals surface area contributed by atoms with E-state index in [1.54, 1.807) is 36.4 Å². The van der Waals surface area contributed by atoms with Crippen molar-refractivity contribution in [1.82, 2.24) is 0 Å². The second-order valence-corrected chi connectivity index (χ2v) is 7.26. The van der Waals surface area contributed by atoms with Crippen molar-refractivity contribution in [1.29, 1.82) is 0 Å². The Morgan fingerprint density at radius 2 is 1.49 bits per heavy atom. The van der Waals surface area contributed by atoms with Crippen molar-refractivity contribution in [3.63, 3.8) is 0 Å². The first-order valence-corrected chi connectivity index (χ1v) is 10.4. The number of para-hydroxylation sites is 1. The first kappa shape index (κ1) is 25.0. The number of nitrogens with one attached hydrogen (secondary N) is 1. The van der Waals surface area contributed by atoms with Gasteiger partial charge in [-0.25, -0.2) is 4.79 Å². The summed E-state index contributed by atoms with van der Waals surface area (Å²) in [5.41, 5.74) is 7.94. The lowest BCUT2D eigenvalue weighted by molar-refractivity contribution is -0.111. The number of carbonyl (C=O) groups is 2. The molecule has 182 valence electrons. The van der Waals surface area contributed by atoms with Gasteiger partial charge in [0.05, 0.1) is 50.9 Å². The van der Waals surface area contributed by atoms with Crippen LogP contribution in [0.25, 0.3) is 17.2 Å². The maximum absolute atomic E-state index is 12.7. The van der Waals surface area contributed by atoms with E-state index in [2.05, 4.69) is 5.32 Å². The number of nitrogen functional groups attached to an aromatic ring is 1. The topological polar surface area (TPSA) is 129 Å². The zero-order valence-corrected chi connectivity index (χ0v) is 19.7. The molecule has 0 bridgehead atoms. The van der Waals surface area contributed by atoms with Gasteiger partial charge >= 0.3 is 5.97 Å². The predicted molar refractivity (Wildman–Crippen MR) is 134 cm³/mol. The largest absolute Gasteiger partial charge is 0.496 e. The summed E-state index contributed by atoms with van der Waals surface area (Å²) in [5.74, 6) is 0.210. The molecule has 0 unspecified atom stereocenters. The van der Waals surface area contributed by atoms with Gasteiger partial charge in [0.1, 0.15) is 23.0 Å². The van der Waals surface area contributed by atoms with Gasteiger partial charge in [-0.1, -0.05) is 18.2 Å². The lowest BCUT2D eigenvalue weighted by Crippen LogP contribution is -2.12. The zero-order valence-electron chi connectivity index (χ0n) is 19.7. The van der Waals surface area contributed by atoms with E-state index in [4.69, 9.17) is 24.7 Å². The summed E-state index contributed by atoms with van der Waals surface area (Å²) in [6.07, 6.45) is 2.78. The van der Waals surface area contributed by atoms with Crippen molar-refractivity contribution in [2.24, 2.45) is 0 Å². The molecule has 35 heavy (non-hydrogen) atoms. The van der Waals surface area contributed by atoms with Crippen LogP contribution < -0.4 is 30.0 Å². The lowest BCUT2D eigenvalue weighted by Gasteiger charge is -2.15. The van der Waals surface area contributed by atoms with Crippen LogP contribution in [0.4, 0.5) is 11.4 Å². The number of nitrogens with two attached hydrogens (primary N) is 1. The van der Waals surface area contributed by atoms with Crippen LogP contribution >= 0.6 is 0 Å². The van der Waals surface area contributed by atoms with E-state index in [9.17, 15) is 14.7 Å². The van der Waals surface area contributed by atoms with Crippen LogP contribution in [-0.4, -0.2) is 45.4 Å². The minimum absolute atomic E-state index is 0.0403. The number of anilines is 2. The highest BCUT2D eigenvalue weighted by Crippen LogP contribution is 2.37. The number of amides is 1. The Balaban J connectivity index is 1.94. The highest BCUT2D eigenvalue weighted by Gasteiger charge is 2.19. The first-order chi connectivity index (χ1) is 16.8. The summed E-state index contributed by atoms with van der Waals surface area (Å²) in [6.45, 7) is 0. The van der Waals surface area contributed by atoms with E-state index in [1.807, 2.05) is 0 Å². The molecule has 0 saturated carbocycles.